The highest BCUT2D eigenvalue weighted by Gasteiger charge is 2.18. The molecular formula is C21H24N4O3S. The van der Waals surface area contributed by atoms with Gasteiger partial charge in [-0.1, -0.05) is 12.1 Å². The molecule has 4 rings (SSSR count). The van der Waals surface area contributed by atoms with Crippen LogP contribution in [-0.4, -0.2) is 48.7 Å². The van der Waals surface area contributed by atoms with Crippen LogP contribution in [0.1, 0.15) is 26.6 Å². The van der Waals surface area contributed by atoms with Crippen LogP contribution in [0.3, 0.4) is 0 Å². The highest BCUT2D eigenvalue weighted by atomic mass is 32.1. The molecule has 0 unspecified atom stereocenters. The molecule has 1 aromatic carbocycles. The molecule has 8 heteroatoms. The lowest BCUT2D eigenvalue weighted by Gasteiger charge is -2.30. The minimum absolute atomic E-state index is 0.115. The average molecular weight is 413 g/mol. The lowest BCUT2D eigenvalue weighted by Crippen LogP contribution is -2.38. The third-order valence-electron chi connectivity index (χ3n) is 5.24. The molecule has 29 heavy (non-hydrogen) atoms. The van der Waals surface area contributed by atoms with E-state index in [2.05, 4.69) is 20.2 Å². The van der Waals surface area contributed by atoms with Crippen LogP contribution >= 0.6 is 11.3 Å². The number of carbonyl (C=O) groups excluding carboxylic acids is 1. The molecule has 2 aromatic heterocycles. The number of morpholine rings is 1. The highest BCUT2D eigenvalue weighted by molar-refractivity contribution is 7.18. The Kier molecular flexibility index (Phi) is 5.64. The van der Waals surface area contributed by atoms with Gasteiger partial charge >= 0.3 is 0 Å². The van der Waals surface area contributed by atoms with Crippen LogP contribution < -0.4 is 15.8 Å². The van der Waals surface area contributed by atoms with Gasteiger partial charge in [0.05, 0.1) is 24.2 Å². The van der Waals surface area contributed by atoms with E-state index >= 15 is 0 Å². The van der Waals surface area contributed by atoms with E-state index in [1.165, 1.54) is 11.3 Å². The molecule has 152 valence electrons. The molecule has 1 fully saturated rings. The molecule has 1 amide bonds. The van der Waals surface area contributed by atoms with Crippen LogP contribution in [0.25, 0.3) is 10.2 Å². The predicted molar refractivity (Wildman–Crippen MR) is 115 cm³/mol. The van der Waals surface area contributed by atoms with Crippen LogP contribution in [0.4, 0.5) is 5.69 Å². The fraction of sp³-hybridized carbons (Fsp3) is 0.381. The van der Waals surface area contributed by atoms with E-state index in [9.17, 15) is 9.59 Å². The van der Waals surface area contributed by atoms with E-state index in [0.717, 1.165) is 34.0 Å². The second-order valence-corrected chi connectivity index (χ2v) is 8.30. The number of benzene rings is 1. The molecule has 2 N–H and O–H groups in total. The summed E-state index contributed by atoms with van der Waals surface area (Å²) in [6, 6.07) is 7.61. The number of anilines is 1. The second kappa shape index (κ2) is 8.34. The van der Waals surface area contributed by atoms with Crippen LogP contribution in [0, 0.1) is 13.8 Å². The molecule has 3 aromatic rings. The number of rotatable bonds is 5. The summed E-state index contributed by atoms with van der Waals surface area (Å²) in [5, 5.41) is 3.62. The zero-order chi connectivity index (χ0) is 20.4. The molecule has 0 radical (unpaired) electrons. The van der Waals surface area contributed by atoms with Gasteiger partial charge in [0.2, 0.25) is 0 Å². The standard InChI is InChI=1S/C21H24N4O3S/c1-13-14(2)29-21-18(13)20(27)23-17(24-21)7-8-22-19(26)15-5-3-4-6-16(15)25-9-11-28-12-10-25/h3-6H,7-12H2,1-2H3,(H,22,26)(H,23,24,27). The lowest BCUT2D eigenvalue weighted by atomic mass is 10.1. The van der Waals surface area contributed by atoms with Crippen molar-refractivity contribution in [1.29, 1.82) is 0 Å². The second-order valence-electron chi connectivity index (χ2n) is 7.10. The largest absolute Gasteiger partial charge is 0.378 e. The molecule has 1 aliphatic heterocycles. The number of fused-ring (bicyclic) bond motifs is 1. The van der Waals surface area contributed by atoms with E-state index in [0.29, 0.717) is 43.0 Å². The molecule has 0 aliphatic carbocycles. The van der Waals surface area contributed by atoms with Crippen LogP contribution in [0.15, 0.2) is 29.1 Å². The van der Waals surface area contributed by atoms with Crippen molar-refractivity contribution >= 4 is 33.1 Å². The molecule has 0 atom stereocenters. The summed E-state index contributed by atoms with van der Waals surface area (Å²) in [6.07, 6.45) is 0.465. The zero-order valence-corrected chi connectivity index (χ0v) is 17.4. The molecule has 3 heterocycles. The Labute approximate surface area is 172 Å². The van der Waals surface area contributed by atoms with Gasteiger partial charge in [0.15, 0.2) is 0 Å². The van der Waals surface area contributed by atoms with Crippen molar-refractivity contribution in [2.24, 2.45) is 0 Å². The van der Waals surface area contributed by atoms with Gasteiger partial charge in [-0.25, -0.2) is 4.98 Å². The maximum absolute atomic E-state index is 12.8. The van der Waals surface area contributed by atoms with Crippen LogP contribution in [-0.2, 0) is 11.2 Å². The van der Waals surface area contributed by atoms with E-state index in [1.54, 1.807) is 0 Å². The number of thiophene rings is 1. The summed E-state index contributed by atoms with van der Waals surface area (Å²) < 4.78 is 5.41. The Morgan fingerprint density at radius 1 is 1.28 bits per heavy atom. The fourth-order valence-corrected chi connectivity index (χ4v) is 4.60. The van der Waals surface area contributed by atoms with E-state index in [1.807, 2.05) is 38.1 Å². The summed E-state index contributed by atoms with van der Waals surface area (Å²) in [4.78, 5) is 36.6. The SMILES string of the molecule is Cc1sc2nc(CCNC(=O)c3ccccc3N3CCOCC3)[nH]c(=O)c2c1C. The van der Waals surface area contributed by atoms with E-state index < -0.39 is 0 Å². The first-order chi connectivity index (χ1) is 14.0. The number of nitrogens with one attached hydrogen (secondary N) is 2. The first-order valence-electron chi connectivity index (χ1n) is 9.73. The van der Waals surface area contributed by atoms with Gasteiger partial charge in [-0.2, -0.15) is 0 Å². The molecule has 1 saturated heterocycles. The first kappa shape index (κ1) is 19.6. The zero-order valence-electron chi connectivity index (χ0n) is 16.6. The summed E-state index contributed by atoms with van der Waals surface area (Å²) in [7, 11) is 0. The molecular weight excluding hydrogens is 388 g/mol. The number of H-pyrrole nitrogens is 1. The highest BCUT2D eigenvalue weighted by Crippen LogP contribution is 2.25. The number of aromatic amines is 1. The Morgan fingerprint density at radius 2 is 2.03 bits per heavy atom. The molecule has 0 bridgehead atoms. The van der Waals surface area contributed by atoms with Crippen LogP contribution in [0.2, 0.25) is 0 Å². The topological polar surface area (TPSA) is 87.3 Å². The predicted octanol–water partition coefficient (Wildman–Crippen LogP) is 2.41. The number of ether oxygens (including phenoxy) is 1. The van der Waals surface area contributed by atoms with Crippen molar-refractivity contribution in [1.82, 2.24) is 15.3 Å². The Morgan fingerprint density at radius 3 is 2.83 bits per heavy atom. The van der Waals surface area contributed by atoms with Crippen molar-refractivity contribution in [3.63, 3.8) is 0 Å². The van der Waals surface area contributed by atoms with E-state index in [-0.39, 0.29) is 11.5 Å². The minimum Gasteiger partial charge on any atom is -0.378 e. The number of hydrogen-bond donors (Lipinski definition) is 2. The number of carbonyl (C=O) groups is 1. The monoisotopic (exact) mass is 412 g/mol. The van der Waals surface area contributed by atoms with Gasteiger partial charge in [0.1, 0.15) is 10.7 Å². The normalized spacial score (nSPS) is 14.3. The Hall–Kier alpha value is -2.71. The quantitative estimate of drug-likeness (QED) is 0.672. The minimum atomic E-state index is -0.127. The third-order valence-corrected chi connectivity index (χ3v) is 6.34. The van der Waals surface area contributed by atoms with Crippen molar-refractivity contribution in [3.8, 4) is 0 Å². The van der Waals surface area contributed by atoms with Gasteiger partial charge in [-0.3, -0.25) is 9.59 Å². The maximum atomic E-state index is 12.8. The summed E-state index contributed by atoms with van der Waals surface area (Å²) >= 11 is 1.53. The van der Waals surface area contributed by atoms with Crippen molar-refractivity contribution in [2.45, 2.75) is 20.3 Å². The summed E-state index contributed by atoms with van der Waals surface area (Å²) in [5.41, 5.74) is 2.44. The van der Waals surface area contributed by atoms with Crippen molar-refractivity contribution in [2.75, 3.05) is 37.7 Å². The first-order valence-corrected chi connectivity index (χ1v) is 10.5. The third kappa shape index (κ3) is 4.04. The van der Waals surface area contributed by atoms with Gasteiger partial charge in [0, 0.05) is 36.6 Å². The van der Waals surface area contributed by atoms with Crippen molar-refractivity contribution < 1.29 is 9.53 Å². The van der Waals surface area contributed by atoms with Crippen LogP contribution in [0.5, 0.6) is 0 Å². The number of amides is 1. The number of aryl methyl sites for hydroxylation is 2. The number of para-hydroxylation sites is 1. The Bertz CT molecular complexity index is 1100. The van der Waals surface area contributed by atoms with Gasteiger partial charge in [-0.05, 0) is 31.5 Å². The fourth-order valence-electron chi connectivity index (χ4n) is 3.55. The maximum Gasteiger partial charge on any atom is 0.259 e. The number of nitrogens with zero attached hydrogens (tertiary/aromatic N) is 2. The summed E-state index contributed by atoms with van der Waals surface area (Å²) in [6.45, 7) is 7.21. The molecule has 0 spiro atoms. The average Bonchev–Trinajstić information content (AvgIpc) is 3.02. The van der Waals surface area contributed by atoms with Gasteiger partial charge in [0.25, 0.3) is 11.5 Å². The number of hydrogen-bond acceptors (Lipinski definition) is 6. The Balaban J connectivity index is 1.44. The number of aromatic nitrogens is 2. The molecule has 1 aliphatic rings. The molecule has 7 nitrogen and oxygen atoms in total. The summed E-state index contributed by atoms with van der Waals surface area (Å²) in [5.74, 6) is 0.462. The van der Waals surface area contributed by atoms with Gasteiger partial charge in [-0.15, -0.1) is 11.3 Å². The smallest absolute Gasteiger partial charge is 0.259 e. The van der Waals surface area contributed by atoms with E-state index in [4.69, 9.17) is 4.74 Å². The van der Waals surface area contributed by atoms with Crippen molar-refractivity contribution in [3.05, 3.63) is 56.4 Å². The lowest BCUT2D eigenvalue weighted by molar-refractivity contribution is 0.0952. The molecule has 0 saturated carbocycles. The van der Waals surface area contributed by atoms with Gasteiger partial charge < -0.3 is 19.9 Å².